The Hall–Kier alpha value is -1.63. The van der Waals surface area contributed by atoms with Crippen molar-refractivity contribution in [3.05, 3.63) is 23.9 Å². The summed E-state index contributed by atoms with van der Waals surface area (Å²) < 4.78 is 37.5. The van der Waals surface area contributed by atoms with E-state index < -0.39 is 11.9 Å². The molecule has 0 saturated carbocycles. The highest BCUT2D eigenvalue weighted by Gasteiger charge is 2.35. The standard InChI is InChI=1S/C11H11F3N2O2/c12-11(13,14)8-2-1-3-9(15-8)16-5-7(6-17)4-10(16)18/h1-3,7,17H,4-6H2. The van der Waals surface area contributed by atoms with Crippen LogP contribution in [0.5, 0.6) is 0 Å². The first-order chi connectivity index (χ1) is 8.41. The van der Waals surface area contributed by atoms with Crippen LogP contribution in [0.2, 0.25) is 0 Å². The number of pyridine rings is 1. The van der Waals surface area contributed by atoms with Crippen LogP contribution in [0.25, 0.3) is 0 Å². The van der Waals surface area contributed by atoms with Crippen LogP contribution in [0.3, 0.4) is 0 Å². The normalized spacial score (nSPS) is 20.6. The molecule has 1 fully saturated rings. The van der Waals surface area contributed by atoms with Crippen LogP contribution in [0.4, 0.5) is 19.0 Å². The summed E-state index contributed by atoms with van der Waals surface area (Å²) in [7, 11) is 0. The number of hydrogen-bond donors (Lipinski definition) is 1. The van der Waals surface area contributed by atoms with Crippen molar-refractivity contribution in [3.8, 4) is 0 Å². The predicted octanol–water partition coefficient (Wildman–Crippen LogP) is 1.45. The monoisotopic (exact) mass is 260 g/mol. The number of carbonyl (C=O) groups excluding carboxylic acids is 1. The molecule has 1 amide bonds. The number of halogens is 3. The number of hydrogen-bond acceptors (Lipinski definition) is 3. The molecule has 18 heavy (non-hydrogen) atoms. The zero-order valence-electron chi connectivity index (χ0n) is 9.31. The van der Waals surface area contributed by atoms with Crippen LogP contribution in [0, 0.1) is 5.92 Å². The van der Waals surface area contributed by atoms with Crippen LogP contribution >= 0.6 is 0 Å². The van der Waals surface area contributed by atoms with Crippen molar-refractivity contribution >= 4 is 11.7 Å². The first-order valence-electron chi connectivity index (χ1n) is 5.37. The Morgan fingerprint density at radius 1 is 1.44 bits per heavy atom. The maximum atomic E-state index is 12.5. The summed E-state index contributed by atoms with van der Waals surface area (Å²) in [6, 6.07) is 3.42. The molecule has 1 N–H and O–H groups in total. The minimum absolute atomic E-state index is 0.0224. The van der Waals surface area contributed by atoms with E-state index in [1.807, 2.05) is 0 Å². The quantitative estimate of drug-likeness (QED) is 0.875. The minimum Gasteiger partial charge on any atom is -0.396 e. The number of aliphatic hydroxyl groups is 1. The highest BCUT2D eigenvalue weighted by Crippen LogP contribution is 2.30. The summed E-state index contributed by atoms with van der Waals surface area (Å²) >= 11 is 0. The average molecular weight is 260 g/mol. The first-order valence-corrected chi connectivity index (χ1v) is 5.37. The van der Waals surface area contributed by atoms with E-state index in [-0.39, 0.29) is 37.2 Å². The second kappa shape index (κ2) is 4.56. The SMILES string of the molecule is O=C1CC(CO)CN1c1cccc(C(F)(F)F)n1. The molecule has 1 unspecified atom stereocenters. The Morgan fingerprint density at radius 3 is 2.72 bits per heavy atom. The molecule has 1 saturated heterocycles. The number of nitrogens with zero attached hydrogens (tertiary/aromatic N) is 2. The highest BCUT2D eigenvalue weighted by atomic mass is 19.4. The van der Waals surface area contributed by atoms with E-state index in [9.17, 15) is 18.0 Å². The fourth-order valence-corrected chi connectivity index (χ4v) is 1.86. The molecule has 2 heterocycles. The van der Waals surface area contributed by atoms with Gasteiger partial charge in [0.2, 0.25) is 5.91 Å². The summed E-state index contributed by atoms with van der Waals surface area (Å²) in [6.07, 6.45) is -4.40. The lowest BCUT2D eigenvalue weighted by atomic mass is 10.1. The smallest absolute Gasteiger partial charge is 0.396 e. The Bertz CT molecular complexity index is 462. The molecule has 98 valence electrons. The molecule has 0 spiro atoms. The van der Waals surface area contributed by atoms with Crippen LogP contribution in [0.15, 0.2) is 18.2 Å². The molecule has 0 bridgehead atoms. The number of aromatic nitrogens is 1. The summed E-state index contributed by atoms with van der Waals surface area (Å²) in [5.41, 5.74) is -1.03. The third-order valence-electron chi connectivity index (χ3n) is 2.76. The molecule has 1 atom stereocenters. The number of amides is 1. The van der Waals surface area contributed by atoms with Gasteiger partial charge in [0, 0.05) is 25.5 Å². The van der Waals surface area contributed by atoms with Gasteiger partial charge in [-0.15, -0.1) is 0 Å². The van der Waals surface area contributed by atoms with Gasteiger partial charge in [0.15, 0.2) is 0 Å². The van der Waals surface area contributed by atoms with Crippen LogP contribution < -0.4 is 4.90 Å². The van der Waals surface area contributed by atoms with Crippen molar-refractivity contribution in [3.63, 3.8) is 0 Å². The largest absolute Gasteiger partial charge is 0.433 e. The van der Waals surface area contributed by atoms with Gasteiger partial charge in [-0.2, -0.15) is 13.2 Å². The molecular weight excluding hydrogens is 249 g/mol. The van der Waals surface area contributed by atoms with Gasteiger partial charge in [0.25, 0.3) is 0 Å². The molecule has 1 aromatic heterocycles. The second-order valence-electron chi connectivity index (χ2n) is 4.14. The lowest BCUT2D eigenvalue weighted by Gasteiger charge is -2.16. The highest BCUT2D eigenvalue weighted by molar-refractivity contribution is 5.94. The Balaban J connectivity index is 2.27. The topological polar surface area (TPSA) is 53.4 Å². The lowest BCUT2D eigenvalue weighted by Crippen LogP contribution is -2.26. The van der Waals surface area contributed by atoms with Crippen molar-refractivity contribution < 1.29 is 23.1 Å². The Morgan fingerprint density at radius 2 is 2.17 bits per heavy atom. The fraction of sp³-hybridized carbons (Fsp3) is 0.455. The van der Waals surface area contributed by atoms with E-state index in [2.05, 4.69) is 4.98 Å². The molecular formula is C11H11F3N2O2. The Kier molecular flexibility index (Phi) is 3.25. The van der Waals surface area contributed by atoms with Gasteiger partial charge >= 0.3 is 6.18 Å². The van der Waals surface area contributed by atoms with Crippen LogP contribution in [-0.4, -0.2) is 29.1 Å². The minimum atomic E-state index is -4.53. The van der Waals surface area contributed by atoms with Crippen molar-refractivity contribution in [2.75, 3.05) is 18.1 Å². The molecule has 1 aliphatic heterocycles. The summed E-state index contributed by atoms with van der Waals surface area (Å²) in [6.45, 7) is 0.0326. The fourth-order valence-electron chi connectivity index (χ4n) is 1.86. The van der Waals surface area contributed by atoms with Crippen molar-refractivity contribution in [2.45, 2.75) is 12.6 Å². The second-order valence-corrected chi connectivity index (χ2v) is 4.14. The number of carbonyl (C=O) groups is 1. The summed E-state index contributed by atoms with van der Waals surface area (Å²) in [4.78, 5) is 16.2. The van der Waals surface area contributed by atoms with E-state index in [1.165, 1.54) is 17.0 Å². The van der Waals surface area contributed by atoms with Gasteiger partial charge < -0.3 is 5.11 Å². The van der Waals surface area contributed by atoms with Crippen molar-refractivity contribution in [1.29, 1.82) is 0 Å². The zero-order chi connectivity index (χ0) is 13.3. The van der Waals surface area contributed by atoms with E-state index in [4.69, 9.17) is 5.11 Å². The molecule has 0 radical (unpaired) electrons. The zero-order valence-corrected chi connectivity index (χ0v) is 9.31. The summed E-state index contributed by atoms with van der Waals surface area (Å²) in [5, 5.41) is 8.95. The molecule has 1 aromatic rings. The number of anilines is 1. The van der Waals surface area contributed by atoms with Gasteiger partial charge in [-0.05, 0) is 12.1 Å². The molecule has 1 aliphatic rings. The van der Waals surface area contributed by atoms with E-state index in [0.29, 0.717) is 0 Å². The Labute approximate surface area is 101 Å². The number of alkyl halides is 3. The molecule has 7 heteroatoms. The average Bonchev–Trinajstić information content (AvgIpc) is 2.70. The number of rotatable bonds is 2. The number of aliphatic hydroxyl groups excluding tert-OH is 1. The van der Waals surface area contributed by atoms with Crippen LogP contribution in [-0.2, 0) is 11.0 Å². The molecule has 4 nitrogen and oxygen atoms in total. The van der Waals surface area contributed by atoms with Gasteiger partial charge in [-0.1, -0.05) is 6.07 Å². The molecule has 0 aromatic carbocycles. The van der Waals surface area contributed by atoms with Gasteiger partial charge in [-0.3, -0.25) is 9.69 Å². The van der Waals surface area contributed by atoms with Crippen LogP contribution in [0.1, 0.15) is 12.1 Å². The lowest BCUT2D eigenvalue weighted by molar-refractivity contribution is -0.141. The van der Waals surface area contributed by atoms with Gasteiger partial charge in [-0.25, -0.2) is 4.98 Å². The maximum absolute atomic E-state index is 12.5. The predicted molar refractivity (Wildman–Crippen MR) is 56.8 cm³/mol. The van der Waals surface area contributed by atoms with Crippen molar-refractivity contribution in [1.82, 2.24) is 4.98 Å². The van der Waals surface area contributed by atoms with Gasteiger partial charge in [0.05, 0.1) is 0 Å². The van der Waals surface area contributed by atoms with E-state index in [0.717, 1.165) is 6.07 Å². The third kappa shape index (κ3) is 2.45. The van der Waals surface area contributed by atoms with E-state index in [1.54, 1.807) is 0 Å². The van der Waals surface area contributed by atoms with E-state index >= 15 is 0 Å². The molecule has 2 rings (SSSR count). The maximum Gasteiger partial charge on any atom is 0.433 e. The van der Waals surface area contributed by atoms with Crippen molar-refractivity contribution in [2.24, 2.45) is 5.92 Å². The first kappa shape index (κ1) is 12.8. The third-order valence-corrected chi connectivity index (χ3v) is 2.76. The van der Waals surface area contributed by atoms with Gasteiger partial charge in [0.1, 0.15) is 11.5 Å². The summed E-state index contributed by atoms with van der Waals surface area (Å²) in [5.74, 6) is -0.583. The molecule has 0 aliphatic carbocycles.